The fourth-order valence-corrected chi connectivity index (χ4v) is 12.3. The molecular weight excluding hydrogens is 1180 g/mol. The third-order valence-corrected chi connectivity index (χ3v) is 17.4. The van der Waals surface area contributed by atoms with E-state index in [4.69, 9.17) is 79.0 Å². The number of rotatable bonds is 19. The molecule has 20 nitrogen and oxygen atoms in total. The molecule has 0 radical (unpaired) electrons. The highest BCUT2D eigenvalue weighted by Crippen LogP contribution is 2.43. The van der Waals surface area contributed by atoms with Crippen LogP contribution in [0, 0.1) is 50.1 Å². The number of aliphatic imine (C=N–C) groups is 1. The summed E-state index contributed by atoms with van der Waals surface area (Å²) in [4.78, 5) is 50.0. The van der Waals surface area contributed by atoms with Crippen LogP contribution >= 0.6 is 24.4 Å². The molecule has 0 unspecified atom stereocenters. The summed E-state index contributed by atoms with van der Waals surface area (Å²) in [5, 5.41) is 48.4. The van der Waals surface area contributed by atoms with Gasteiger partial charge in [-0.05, 0) is 129 Å². The molecule has 8 N–H and O–H groups in total. The van der Waals surface area contributed by atoms with Gasteiger partial charge in [-0.1, -0.05) is 62.1 Å². The zero-order chi connectivity index (χ0) is 63.2. The van der Waals surface area contributed by atoms with Crippen molar-refractivity contribution >= 4 is 86.2 Å². The van der Waals surface area contributed by atoms with Crippen molar-refractivity contribution in [1.82, 2.24) is 10.6 Å². The van der Waals surface area contributed by atoms with Gasteiger partial charge in [-0.2, -0.15) is 0 Å². The highest BCUT2D eigenvalue weighted by Gasteiger charge is 2.45. The summed E-state index contributed by atoms with van der Waals surface area (Å²) >= 11 is 9.08. The lowest BCUT2D eigenvalue weighted by molar-refractivity contribution is 0.0687. The average Bonchev–Trinajstić information content (AvgIpc) is 0.893. The Morgan fingerprint density at radius 1 is 0.628 bits per heavy atom. The van der Waals surface area contributed by atoms with Crippen molar-refractivity contribution in [1.29, 1.82) is 0 Å². The number of nitrogens with one attached hydrogen (secondary N) is 2. The second-order valence-electron chi connectivity index (χ2n) is 17.3. The van der Waals surface area contributed by atoms with Gasteiger partial charge < -0.3 is 72.2 Å². The number of carbonyl (C=O) groups is 2. The third kappa shape index (κ3) is 19.0. The molecule has 0 amide bonds. The van der Waals surface area contributed by atoms with Crippen LogP contribution in [0.4, 0.5) is 0 Å². The molecule has 0 fully saturated rings. The molecule has 2 aliphatic carbocycles. The molecule has 4 aromatic carbocycles. The van der Waals surface area contributed by atoms with E-state index in [0.29, 0.717) is 117 Å². The number of hydrogen-bond donors (Lipinski definition) is 7. The average molecular weight is 1240 g/mol. The molecule has 4 aliphatic rings. The maximum atomic E-state index is 11.7. The second kappa shape index (κ2) is 34.6. The Morgan fingerprint density at radius 3 is 1.37 bits per heavy atom. The van der Waals surface area contributed by atoms with E-state index in [0.717, 1.165) is 6.42 Å². The van der Waals surface area contributed by atoms with E-state index >= 15 is 0 Å². The zero-order valence-electron chi connectivity index (χ0n) is 47.0. The van der Waals surface area contributed by atoms with Gasteiger partial charge in [0.05, 0.1) is 40.7 Å². The molecule has 0 atom stereocenters. The van der Waals surface area contributed by atoms with E-state index in [1.807, 2.05) is 13.8 Å². The van der Waals surface area contributed by atoms with Gasteiger partial charge in [0.25, 0.3) is 0 Å². The number of aromatic hydroxyl groups is 2. The summed E-state index contributed by atoms with van der Waals surface area (Å²) in [5.41, 5.74) is 9.58. The molecule has 2 heterocycles. The van der Waals surface area contributed by atoms with Gasteiger partial charge in [0.2, 0.25) is 0 Å². The van der Waals surface area contributed by atoms with Crippen LogP contribution in [-0.2, 0) is 26.6 Å². The van der Waals surface area contributed by atoms with Crippen molar-refractivity contribution < 1.29 is 65.4 Å². The molecule has 444 valence electrons. The summed E-state index contributed by atoms with van der Waals surface area (Å²) < 4.78 is 42.7. The quantitative estimate of drug-likeness (QED) is 0.00989. The molecule has 24 heteroatoms. The first-order valence-corrected chi connectivity index (χ1v) is 30.5. The minimum absolute atomic E-state index is 0.0198. The van der Waals surface area contributed by atoms with Crippen molar-refractivity contribution in [3.8, 4) is 107 Å². The standard InChI is InChI=1S/2C20H12O5.C11H18N2O3SSi.C9H15NO3Si.C2H3NS/c2*21-11-5-7-15-17(9-11)25-18-10-12(22)6-8-16(18)19(15)13-3-1-2-4-14(13)20(23)24;1-5-14-18(15-6-2,16-7-3)10-8-9-13-11(17)12-4;1-4-11-14(12-5-2,13-6-3)9-7-8-10;1-3-2-4/h2*1-10,21H,(H,23,24);1-2H,7-10H2,3-4H3,(H2,12,13,17);1-2H,6-10H2,3H3;1H3. The zero-order valence-corrected chi connectivity index (χ0v) is 50.7. The number of phenols is 2. The summed E-state index contributed by atoms with van der Waals surface area (Å²) in [6.07, 6.45) is 30.1. The molecule has 8 rings (SSSR count). The van der Waals surface area contributed by atoms with Crippen LogP contribution in [0.1, 0.15) is 47.4 Å². The van der Waals surface area contributed by atoms with Gasteiger partial charge >= 0.3 is 29.5 Å². The molecule has 0 aromatic heterocycles. The van der Waals surface area contributed by atoms with Crippen molar-refractivity contribution in [2.75, 3.05) is 40.4 Å². The van der Waals surface area contributed by atoms with Crippen LogP contribution in [0.3, 0.4) is 0 Å². The Labute approximate surface area is 508 Å². The first-order valence-electron chi connectivity index (χ1n) is 25.9. The Balaban J connectivity index is 0.000000247. The lowest BCUT2D eigenvalue weighted by Gasteiger charge is -2.23. The lowest BCUT2D eigenvalue weighted by atomic mass is 9.91. The Kier molecular flexibility index (Phi) is 27.6. The van der Waals surface area contributed by atoms with Crippen LogP contribution < -0.4 is 27.2 Å². The Hall–Kier alpha value is -9.96. The fourth-order valence-electron chi connectivity index (χ4n) is 8.29. The number of carboxylic acid groups (broad SMARTS) is 2. The lowest BCUT2D eigenvalue weighted by Crippen LogP contribution is -2.44. The van der Waals surface area contributed by atoms with Gasteiger partial charge in [0.1, 0.15) is 34.2 Å². The number of phenolic OH excluding ortho intramolecular Hbond substituents is 2. The summed E-state index contributed by atoms with van der Waals surface area (Å²) in [5.74, 6) is -1.38. The SMILES string of the molecule is C#CO[Si](CCCN)(OC#C)OCC.C#CO[Si](CCCNC(=S)NC)(OC#C)OCC.CN=C=S.O=C(O)c1ccccc1-c1c2ccc(=O)cc-2oc2cc(O)ccc12.O=C(O)c1ccccc1-c1c2ccc(=O)cc-2oc2cc(O)ccc12. The summed E-state index contributed by atoms with van der Waals surface area (Å²) in [6.45, 7) is 5.70. The third-order valence-electron chi connectivity index (χ3n) is 11.7. The number of fused-ring (bicyclic) bond motifs is 4. The van der Waals surface area contributed by atoms with Crippen LogP contribution in [0.15, 0.2) is 145 Å². The molecule has 4 aromatic rings. The fraction of sp³-hybridized carbons (Fsp3) is 0.194. The van der Waals surface area contributed by atoms with Gasteiger partial charge in [-0.15, -0.1) is 0 Å². The van der Waals surface area contributed by atoms with Gasteiger partial charge in [0.15, 0.2) is 16.0 Å². The van der Waals surface area contributed by atoms with Crippen molar-refractivity contribution in [2.24, 2.45) is 10.7 Å². The van der Waals surface area contributed by atoms with Crippen molar-refractivity contribution in [3.63, 3.8) is 0 Å². The van der Waals surface area contributed by atoms with E-state index < -0.39 is 29.5 Å². The van der Waals surface area contributed by atoms with Crippen LogP contribution in [0.25, 0.3) is 66.8 Å². The van der Waals surface area contributed by atoms with E-state index in [1.54, 1.807) is 74.8 Å². The highest BCUT2D eigenvalue weighted by atomic mass is 32.1. The van der Waals surface area contributed by atoms with E-state index in [9.17, 15) is 39.6 Å². The second-order valence-corrected chi connectivity index (χ2v) is 23.0. The van der Waals surface area contributed by atoms with E-state index in [2.05, 4.69) is 57.4 Å². The topological polar surface area (TPSA) is 293 Å². The summed E-state index contributed by atoms with van der Waals surface area (Å²) in [6, 6.07) is 32.4. The minimum Gasteiger partial charge on any atom is -0.508 e. The minimum atomic E-state index is -2.95. The normalized spacial score (nSPS) is 10.3. The number of hydrogen-bond acceptors (Lipinski definition) is 18. The molecule has 0 bridgehead atoms. The number of isothiocyanates is 1. The predicted molar refractivity (Wildman–Crippen MR) is 339 cm³/mol. The van der Waals surface area contributed by atoms with Gasteiger partial charge in [-0.3, -0.25) is 9.59 Å². The smallest absolute Gasteiger partial charge is 0.508 e. The molecule has 0 spiro atoms. The monoisotopic (exact) mass is 1240 g/mol. The first-order chi connectivity index (χ1) is 41.4. The van der Waals surface area contributed by atoms with E-state index in [1.165, 1.54) is 60.7 Å². The number of aromatic carboxylic acids is 2. The van der Waals surface area contributed by atoms with Crippen LogP contribution in [-0.4, -0.2) is 101 Å². The molecule has 0 saturated carbocycles. The number of nitrogens with zero attached hydrogens (tertiary/aromatic N) is 1. The highest BCUT2D eigenvalue weighted by molar-refractivity contribution is 7.80. The predicted octanol–water partition coefficient (Wildman–Crippen LogP) is 9.84. The Bertz CT molecular complexity index is 3700. The summed E-state index contributed by atoms with van der Waals surface area (Å²) in [7, 11) is -2.48. The maximum absolute atomic E-state index is 11.7. The van der Waals surface area contributed by atoms with Gasteiger partial charge in [0, 0.05) is 103 Å². The number of benzene rings is 6. The van der Waals surface area contributed by atoms with E-state index in [-0.39, 0.29) is 33.5 Å². The number of carboxylic acids is 2. The Morgan fingerprint density at radius 2 is 1.02 bits per heavy atom. The molecule has 0 saturated heterocycles. The maximum Gasteiger partial charge on any atom is 0.649 e. The number of thiocarbonyl (C=S) groups is 2. The largest absolute Gasteiger partial charge is 0.649 e. The van der Waals surface area contributed by atoms with Gasteiger partial charge in [-0.25, -0.2) is 14.6 Å². The molecule has 86 heavy (non-hydrogen) atoms. The molecular formula is C62H60N4O16S2Si2. The van der Waals surface area contributed by atoms with Crippen LogP contribution in [0.2, 0.25) is 12.1 Å². The molecule has 2 aliphatic heterocycles. The van der Waals surface area contributed by atoms with Crippen molar-refractivity contribution in [3.05, 3.63) is 153 Å². The number of terminal acetylenes is 4. The van der Waals surface area contributed by atoms with Crippen molar-refractivity contribution in [2.45, 2.75) is 38.8 Å². The first kappa shape index (κ1) is 68.5. The van der Waals surface area contributed by atoms with Crippen LogP contribution in [0.5, 0.6) is 11.5 Å². The number of nitrogens with two attached hydrogens (primary N) is 1.